The average molecular weight is 244 g/mol. The molecular weight excluding hydrogens is 224 g/mol. The van der Waals surface area contributed by atoms with Crippen molar-refractivity contribution in [1.29, 1.82) is 0 Å². The number of hydrogen-bond donors (Lipinski definition) is 2. The van der Waals surface area contributed by atoms with Gasteiger partial charge in [0.2, 0.25) is 0 Å². The third-order valence-corrected chi connectivity index (χ3v) is 3.63. The topological polar surface area (TPSA) is 40.5 Å². The molecular formula is C16H20O2. The van der Waals surface area contributed by atoms with E-state index in [9.17, 15) is 10.2 Å². The van der Waals surface area contributed by atoms with Crippen molar-refractivity contribution in [3.8, 4) is 11.5 Å². The van der Waals surface area contributed by atoms with Crippen molar-refractivity contribution in [2.24, 2.45) is 0 Å². The molecule has 1 aliphatic rings. The Hall–Kier alpha value is -1.70. The quantitative estimate of drug-likeness (QED) is 0.725. The van der Waals surface area contributed by atoms with E-state index in [2.05, 4.69) is 26.8 Å². The molecule has 0 spiro atoms. The SMILES string of the molecule is CC1=C[C@H](c2c(O)cccc2O)C(=C(C)C)CC1. The molecule has 0 saturated heterocycles. The molecule has 2 heteroatoms. The highest BCUT2D eigenvalue weighted by Gasteiger charge is 2.24. The van der Waals surface area contributed by atoms with E-state index in [0.29, 0.717) is 5.56 Å². The normalized spacial score (nSPS) is 19.6. The number of hydrogen-bond acceptors (Lipinski definition) is 2. The zero-order valence-electron chi connectivity index (χ0n) is 11.2. The largest absolute Gasteiger partial charge is 0.507 e. The Bertz CT molecular complexity index is 500. The fraction of sp³-hybridized carbons (Fsp3) is 0.375. The van der Waals surface area contributed by atoms with Gasteiger partial charge in [0.05, 0.1) is 0 Å². The number of phenols is 2. The minimum Gasteiger partial charge on any atom is -0.507 e. The van der Waals surface area contributed by atoms with E-state index in [-0.39, 0.29) is 17.4 Å². The number of allylic oxidation sites excluding steroid dienone is 4. The summed E-state index contributed by atoms with van der Waals surface area (Å²) in [6, 6.07) is 4.93. The lowest BCUT2D eigenvalue weighted by molar-refractivity contribution is 0.435. The predicted octanol–water partition coefficient (Wildman–Crippen LogP) is 4.26. The molecule has 0 unspecified atom stereocenters. The standard InChI is InChI=1S/C16H20O2/c1-10(2)12-8-7-11(3)9-13(12)16-14(17)5-4-6-15(16)18/h4-6,9,13,17-18H,7-8H2,1-3H3/t13-/m0/s1. The smallest absolute Gasteiger partial charge is 0.123 e. The zero-order valence-corrected chi connectivity index (χ0v) is 11.2. The molecule has 1 aliphatic carbocycles. The third-order valence-electron chi connectivity index (χ3n) is 3.63. The summed E-state index contributed by atoms with van der Waals surface area (Å²) in [5.41, 5.74) is 4.52. The van der Waals surface area contributed by atoms with E-state index >= 15 is 0 Å². The highest BCUT2D eigenvalue weighted by Crippen LogP contribution is 2.44. The van der Waals surface area contributed by atoms with Crippen LogP contribution in [0.25, 0.3) is 0 Å². The number of benzene rings is 1. The van der Waals surface area contributed by atoms with Crippen molar-refractivity contribution >= 4 is 0 Å². The number of rotatable bonds is 1. The third kappa shape index (κ3) is 2.28. The zero-order chi connectivity index (χ0) is 13.3. The Balaban J connectivity index is 2.59. The van der Waals surface area contributed by atoms with E-state index in [4.69, 9.17) is 0 Å². The van der Waals surface area contributed by atoms with Gasteiger partial charge in [0.15, 0.2) is 0 Å². The summed E-state index contributed by atoms with van der Waals surface area (Å²) >= 11 is 0. The number of phenolic OH excluding ortho intramolecular Hbond substituents is 2. The summed E-state index contributed by atoms with van der Waals surface area (Å²) in [5.74, 6) is 0.347. The maximum atomic E-state index is 10.0. The van der Waals surface area contributed by atoms with Gasteiger partial charge in [-0.2, -0.15) is 0 Å². The minimum atomic E-state index is 0.00458. The lowest BCUT2D eigenvalue weighted by atomic mass is 9.79. The Morgan fingerprint density at radius 3 is 2.28 bits per heavy atom. The molecule has 2 nitrogen and oxygen atoms in total. The van der Waals surface area contributed by atoms with Crippen LogP contribution in [0, 0.1) is 0 Å². The van der Waals surface area contributed by atoms with Crippen molar-refractivity contribution < 1.29 is 10.2 Å². The van der Waals surface area contributed by atoms with Gasteiger partial charge in [-0.1, -0.05) is 28.9 Å². The summed E-state index contributed by atoms with van der Waals surface area (Å²) in [6.45, 7) is 6.29. The van der Waals surface area contributed by atoms with Gasteiger partial charge in [0.25, 0.3) is 0 Å². The fourth-order valence-corrected chi connectivity index (χ4v) is 2.63. The van der Waals surface area contributed by atoms with Crippen molar-refractivity contribution in [2.75, 3.05) is 0 Å². The summed E-state index contributed by atoms with van der Waals surface area (Å²) in [7, 11) is 0. The van der Waals surface area contributed by atoms with Crippen LogP contribution in [0.4, 0.5) is 0 Å². The Kier molecular flexibility index (Phi) is 3.46. The molecule has 0 amide bonds. The van der Waals surface area contributed by atoms with E-state index in [0.717, 1.165) is 12.8 Å². The van der Waals surface area contributed by atoms with Crippen LogP contribution < -0.4 is 0 Å². The Labute approximate surface area is 108 Å². The molecule has 2 N–H and O–H groups in total. The average Bonchev–Trinajstić information content (AvgIpc) is 2.28. The van der Waals surface area contributed by atoms with Crippen LogP contribution in [-0.4, -0.2) is 10.2 Å². The maximum absolute atomic E-state index is 10.0. The van der Waals surface area contributed by atoms with Crippen LogP contribution in [0.5, 0.6) is 11.5 Å². The van der Waals surface area contributed by atoms with Gasteiger partial charge in [0, 0.05) is 11.5 Å². The summed E-state index contributed by atoms with van der Waals surface area (Å²) in [4.78, 5) is 0. The second kappa shape index (κ2) is 4.89. The molecule has 0 radical (unpaired) electrons. The fourth-order valence-electron chi connectivity index (χ4n) is 2.63. The lowest BCUT2D eigenvalue weighted by Crippen LogP contribution is -2.08. The lowest BCUT2D eigenvalue weighted by Gasteiger charge is -2.26. The molecule has 0 fully saturated rings. The first-order valence-corrected chi connectivity index (χ1v) is 6.35. The molecule has 1 aromatic rings. The van der Waals surface area contributed by atoms with Crippen molar-refractivity contribution in [3.63, 3.8) is 0 Å². The Morgan fingerprint density at radius 1 is 1.11 bits per heavy atom. The van der Waals surface area contributed by atoms with Crippen molar-refractivity contribution in [2.45, 2.75) is 39.5 Å². The van der Waals surface area contributed by atoms with Crippen LogP contribution in [0.3, 0.4) is 0 Å². The van der Waals surface area contributed by atoms with Crippen molar-refractivity contribution in [3.05, 3.63) is 46.6 Å². The van der Waals surface area contributed by atoms with Crippen LogP contribution in [0.1, 0.15) is 45.1 Å². The van der Waals surface area contributed by atoms with Crippen LogP contribution >= 0.6 is 0 Å². The van der Waals surface area contributed by atoms with Crippen LogP contribution in [0.2, 0.25) is 0 Å². The first-order chi connectivity index (χ1) is 8.50. The molecule has 0 heterocycles. The monoisotopic (exact) mass is 244 g/mol. The van der Waals surface area contributed by atoms with E-state index in [1.165, 1.54) is 16.7 Å². The first-order valence-electron chi connectivity index (χ1n) is 6.35. The molecule has 96 valence electrons. The first kappa shape index (κ1) is 12.7. The maximum Gasteiger partial charge on any atom is 0.123 e. The second-order valence-electron chi connectivity index (χ2n) is 5.23. The van der Waals surface area contributed by atoms with Gasteiger partial charge in [-0.3, -0.25) is 0 Å². The summed E-state index contributed by atoms with van der Waals surface area (Å²) < 4.78 is 0. The highest BCUT2D eigenvalue weighted by atomic mass is 16.3. The second-order valence-corrected chi connectivity index (χ2v) is 5.23. The Morgan fingerprint density at radius 2 is 1.72 bits per heavy atom. The molecule has 0 saturated carbocycles. The predicted molar refractivity (Wildman–Crippen MR) is 73.9 cm³/mol. The molecule has 1 atom stereocenters. The van der Waals surface area contributed by atoms with Gasteiger partial charge in [-0.15, -0.1) is 0 Å². The van der Waals surface area contributed by atoms with Gasteiger partial charge in [-0.25, -0.2) is 0 Å². The van der Waals surface area contributed by atoms with Crippen molar-refractivity contribution in [1.82, 2.24) is 0 Å². The van der Waals surface area contributed by atoms with Gasteiger partial charge in [-0.05, 0) is 45.7 Å². The molecule has 0 aromatic heterocycles. The minimum absolute atomic E-state index is 0.00458. The molecule has 2 rings (SSSR count). The molecule has 0 aliphatic heterocycles. The van der Waals surface area contributed by atoms with E-state index in [1.807, 2.05) is 0 Å². The van der Waals surface area contributed by atoms with Crippen LogP contribution in [0.15, 0.2) is 41.0 Å². The molecule has 0 bridgehead atoms. The van der Waals surface area contributed by atoms with Gasteiger partial charge in [0.1, 0.15) is 11.5 Å². The van der Waals surface area contributed by atoms with E-state index < -0.39 is 0 Å². The van der Waals surface area contributed by atoms with Crippen LogP contribution in [-0.2, 0) is 0 Å². The molecule has 18 heavy (non-hydrogen) atoms. The van der Waals surface area contributed by atoms with Gasteiger partial charge >= 0.3 is 0 Å². The summed E-state index contributed by atoms with van der Waals surface area (Å²) in [6.07, 6.45) is 4.22. The van der Waals surface area contributed by atoms with Gasteiger partial charge < -0.3 is 10.2 Å². The number of aromatic hydroxyl groups is 2. The van der Waals surface area contributed by atoms with E-state index in [1.54, 1.807) is 18.2 Å². The highest BCUT2D eigenvalue weighted by molar-refractivity contribution is 5.52. The summed E-state index contributed by atoms with van der Waals surface area (Å²) in [5, 5.41) is 20.0. The molecule has 1 aromatic carbocycles.